The summed E-state index contributed by atoms with van der Waals surface area (Å²) in [5, 5.41) is 14.6. The molecule has 1 aromatic heterocycles. The number of rotatable bonds is 4. The third kappa shape index (κ3) is 3.07. The van der Waals surface area contributed by atoms with Crippen molar-refractivity contribution >= 4 is 23.2 Å². The van der Waals surface area contributed by atoms with Gasteiger partial charge in [-0.1, -0.05) is 12.8 Å². The van der Waals surface area contributed by atoms with Crippen LogP contribution in [0.1, 0.15) is 30.7 Å². The zero-order valence-electron chi connectivity index (χ0n) is 9.96. The number of hydrogen-bond acceptors (Lipinski definition) is 4. The molecule has 1 heterocycles. The summed E-state index contributed by atoms with van der Waals surface area (Å²) < 4.78 is 0. The van der Waals surface area contributed by atoms with Crippen LogP contribution in [-0.4, -0.2) is 22.0 Å². The van der Waals surface area contributed by atoms with E-state index in [1.165, 1.54) is 11.3 Å². The highest BCUT2D eigenvalue weighted by molar-refractivity contribution is 7.09. The second-order valence-corrected chi connectivity index (χ2v) is 5.46. The molecule has 2 unspecified atom stereocenters. The molecule has 5 nitrogen and oxygen atoms in total. The second-order valence-electron chi connectivity index (χ2n) is 4.48. The third-order valence-corrected chi connectivity index (χ3v) is 4.10. The van der Waals surface area contributed by atoms with Gasteiger partial charge in [0.25, 0.3) is 0 Å². The van der Waals surface area contributed by atoms with Crippen molar-refractivity contribution < 1.29 is 14.7 Å². The van der Waals surface area contributed by atoms with Gasteiger partial charge in [0.15, 0.2) is 0 Å². The SMILES string of the molecule is O=C(O)C1CCCCC1C(=O)NCc1nccs1. The molecule has 6 heteroatoms. The van der Waals surface area contributed by atoms with Gasteiger partial charge in [0.05, 0.1) is 18.4 Å². The van der Waals surface area contributed by atoms with Gasteiger partial charge in [0.1, 0.15) is 5.01 Å². The van der Waals surface area contributed by atoms with E-state index in [2.05, 4.69) is 10.3 Å². The molecule has 2 N–H and O–H groups in total. The van der Waals surface area contributed by atoms with E-state index in [0.717, 1.165) is 17.8 Å². The van der Waals surface area contributed by atoms with Crippen LogP contribution in [0.5, 0.6) is 0 Å². The van der Waals surface area contributed by atoms with E-state index in [1.807, 2.05) is 5.38 Å². The maximum absolute atomic E-state index is 12.0. The minimum Gasteiger partial charge on any atom is -0.481 e. The molecule has 1 saturated carbocycles. The summed E-state index contributed by atoms with van der Waals surface area (Å²) in [6.45, 7) is 0.388. The highest BCUT2D eigenvalue weighted by Crippen LogP contribution is 2.30. The number of nitrogens with zero attached hydrogens (tertiary/aromatic N) is 1. The molecule has 1 aliphatic carbocycles. The summed E-state index contributed by atoms with van der Waals surface area (Å²) in [5.74, 6) is -1.94. The Balaban J connectivity index is 1.92. The molecular formula is C12H16N2O3S. The monoisotopic (exact) mass is 268 g/mol. The average Bonchev–Trinajstić information content (AvgIpc) is 2.89. The fourth-order valence-corrected chi connectivity index (χ4v) is 2.93. The van der Waals surface area contributed by atoms with Gasteiger partial charge < -0.3 is 10.4 Å². The van der Waals surface area contributed by atoms with Crippen molar-refractivity contribution in [1.29, 1.82) is 0 Å². The quantitative estimate of drug-likeness (QED) is 0.870. The minimum absolute atomic E-state index is 0.155. The van der Waals surface area contributed by atoms with Crippen molar-refractivity contribution in [2.75, 3.05) is 0 Å². The average molecular weight is 268 g/mol. The first-order chi connectivity index (χ1) is 8.68. The van der Waals surface area contributed by atoms with Crippen LogP contribution in [0.2, 0.25) is 0 Å². The normalized spacial score (nSPS) is 23.6. The third-order valence-electron chi connectivity index (χ3n) is 3.32. The van der Waals surface area contributed by atoms with Crippen molar-refractivity contribution in [3.63, 3.8) is 0 Å². The number of amides is 1. The van der Waals surface area contributed by atoms with Gasteiger partial charge in [0, 0.05) is 11.6 Å². The lowest BCUT2D eigenvalue weighted by Crippen LogP contribution is -2.39. The fourth-order valence-electron chi connectivity index (χ4n) is 2.37. The summed E-state index contributed by atoms with van der Waals surface area (Å²) in [4.78, 5) is 27.2. The Kier molecular flexibility index (Phi) is 4.30. The highest BCUT2D eigenvalue weighted by Gasteiger charge is 2.35. The Morgan fingerprint density at radius 2 is 2.11 bits per heavy atom. The maximum atomic E-state index is 12.0. The van der Waals surface area contributed by atoms with E-state index in [4.69, 9.17) is 5.11 Å². The number of aromatic nitrogens is 1. The molecule has 0 bridgehead atoms. The number of aliphatic carboxylic acids is 1. The zero-order chi connectivity index (χ0) is 13.0. The van der Waals surface area contributed by atoms with Crippen molar-refractivity contribution in [1.82, 2.24) is 10.3 Å². The molecule has 0 aromatic carbocycles. The first kappa shape index (κ1) is 13.0. The summed E-state index contributed by atoms with van der Waals surface area (Å²) in [5.41, 5.74) is 0. The van der Waals surface area contributed by atoms with Gasteiger partial charge in [0.2, 0.25) is 5.91 Å². The molecule has 1 aliphatic rings. The molecule has 1 aromatic rings. The molecule has 98 valence electrons. The molecule has 0 radical (unpaired) electrons. The van der Waals surface area contributed by atoms with E-state index >= 15 is 0 Å². The van der Waals surface area contributed by atoms with Crippen LogP contribution in [0.3, 0.4) is 0 Å². The molecule has 0 saturated heterocycles. The number of thiazole rings is 1. The van der Waals surface area contributed by atoms with Crippen LogP contribution in [-0.2, 0) is 16.1 Å². The summed E-state index contributed by atoms with van der Waals surface area (Å²) in [7, 11) is 0. The standard InChI is InChI=1S/C12H16N2O3S/c15-11(14-7-10-13-5-6-18-10)8-3-1-2-4-9(8)12(16)17/h5-6,8-9H,1-4,7H2,(H,14,15)(H,16,17). The first-order valence-electron chi connectivity index (χ1n) is 6.07. The first-order valence-corrected chi connectivity index (χ1v) is 6.95. The zero-order valence-corrected chi connectivity index (χ0v) is 10.8. The lowest BCUT2D eigenvalue weighted by atomic mass is 9.79. The van der Waals surface area contributed by atoms with Crippen molar-refractivity contribution in [3.05, 3.63) is 16.6 Å². The Hall–Kier alpha value is -1.43. The predicted octanol–water partition coefficient (Wildman–Crippen LogP) is 1.65. The van der Waals surface area contributed by atoms with Gasteiger partial charge in [-0.05, 0) is 12.8 Å². The van der Waals surface area contributed by atoms with Crippen molar-refractivity contribution in [3.8, 4) is 0 Å². The van der Waals surface area contributed by atoms with Crippen LogP contribution in [0.15, 0.2) is 11.6 Å². The smallest absolute Gasteiger partial charge is 0.307 e. The van der Waals surface area contributed by atoms with E-state index in [-0.39, 0.29) is 5.91 Å². The van der Waals surface area contributed by atoms with Gasteiger partial charge in [-0.2, -0.15) is 0 Å². The Morgan fingerprint density at radius 1 is 1.39 bits per heavy atom. The van der Waals surface area contributed by atoms with Crippen LogP contribution in [0.4, 0.5) is 0 Å². The van der Waals surface area contributed by atoms with Crippen LogP contribution < -0.4 is 5.32 Å². The van der Waals surface area contributed by atoms with Crippen molar-refractivity contribution in [2.24, 2.45) is 11.8 Å². The van der Waals surface area contributed by atoms with Crippen LogP contribution in [0, 0.1) is 11.8 Å². The van der Waals surface area contributed by atoms with Gasteiger partial charge in [-0.3, -0.25) is 9.59 Å². The van der Waals surface area contributed by atoms with E-state index in [1.54, 1.807) is 6.20 Å². The predicted molar refractivity (Wildman–Crippen MR) is 67.0 cm³/mol. The molecule has 2 atom stereocenters. The van der Waals surface area contributed by atoms with E-state index in [9.17, 15) is 9.59 Å². The lowest BCUT2D eigenvalue weighted by Gasteiger charge is -2.27. The molecule has 0 spiro atoms. The number of carbonyl (C=O) groups is 2. The number of carboxylic acids is 1. The Labute approximate surface area is 109 Å². The largest absolute Gasteiger partial charge is 0.481 e. The molecule has 1 amide bonds. The van der Waals surface area contributed by atoms with Crippen LogP contribution in [0.25, 0.3) is 0 Å². The Morgan fingerprint density at radius 3 is 2.72 bits per heavy atom. The van der Waals surface area contributed by atoms with Gasteiger partial charge in [-0.15, -0.1) is 11.3 Å². The topological polar surface area (TPSA) is 79.3 Å². The summed E-state index contributed by atoms with van der Waals surface area (Å²) >= 11 is 1.48. The fraction of sp³-hybridized carbons (Fsp3) is 0.583. The van der Waals surface area contributed by atoms with E-state index in [0.29, 0.717) is 19.4 Å². The summed E-state index contributed by atoms with van der Waals surface area (Å²) in [6, 6.07) is 0. The highest BCUT2D eigenvalue weighted by atomic mass is 32.1. The van der Waals surface area contributed by atoms with Gasteiger partial charge in [-0.25, -0.2) is 4.98 Å². The van der Waals surface area contributed by atoms with Gasteiger partial charge >= 0.3 is 5.97 Å². The molecule has 0 aliphatic heterocycles. The Bertz CT molecular complexity index is 419. The van der Waals surface area contributed by atoms with E-state index < -0.39 is 17.8 Å². The minimum atomic E-state index is -0.857. The molecule has 2 rings (SSSR count). The second kappa shape index (κ2) is 5.95. The number of carboxylic acid groups (broad SMARTS) is 1. The lowest BCUT2D eigenvalue weighted by molar-refractivity contribution is -0.148. The molecule has 1 fully saturated rings. The van der Waals surface area contributed by atoms with Crippen molar-refractivity contribution in [2.45, 2.75) is 32.2 Å². The summed E-state index contributed by atoms with van der Waals surface area (Å²) in [6.07, 6.45) is 4.78. The number of carbonyl (C=O) groups excluding carboxylic acids is 1. The molecule has 18 heavy (non-hydrogen) atoms. The maximum Gasteiger partial charge on any atom is 0.307 e. The van der Waals surface area contributed by atoms with Crippen LogP contribution >= 0.6 is 11.3 Å². The molecular weight excluding hydrogens is 252 g/mol. The number of hydrogen-bond donors (Lipinski definition) is 2. The number of nitrogens with one attached hydrogen (secondary N) is 1.